The van der Waals surface area contributed by atoms with Crippen LogP contribution in [0.2, 0.25) is 0 Å². The first-order chi connectivity index (χ1) is 11.6. The van der Waals surface area contributed by atoms with E-state index in [2.05, 4.69) is 10.1 Å². The van der Waals surface area contributed by atoms with Crippen molar-refractivity contribution < 1.29 is 9.18 Å². The van der Waals surface area contributed by atoms with Crippen molar-refractivity contribution in [3.8, 4) is 22.4 Å². The van der Waals surface area contributed by atoms with E-state index in [-0.39, 0.29) is 5.82 Å². The highest BCUT2D eigenvalue weighted by molar-refractivity contribution is 5.80. The minimum atomic E-state index is -0.278. The lowest BCUT2D eigenvalue weighted by atomic mass is 10.0. The number of carbonyl (C=O) groups is 1. The van der Waals surface area contributed by atoms with E-state index >= 15 is 0 Å². The van der Waals surface area contributed by atoms with Crippen LogP contribution in [0.15, 0.2) is 48.8 Å². The molecule has 0 saturated carbocycles. The molecule has 2 heterocycles. The molecule has 3 aromatic rings. The van der Waals surface area contributed by atoms with Gasteiger partial charge in [-0.1, -0.05) is 0 Å². The minimum Gasteiger partial charge on any atom is -0.342 e. The van der Waals surface area contributed by atoms with Gasteiger partial charge in [0.25, 0.3) is 0 Å². The van der Waals surface area contributed by atoms with Crippen LogP contribution in [0, 0.1) is 5.82 Å². The van der Waals surface area contributed by atoms with Gasteiger partial charge in [-0.05, 0) is 42.0 Å². The predicted molar refractivity (Wildman–Crippen MR) is 89.4 cm³/mol. The van der Waals surface area contributed by atoms with E-state index in [9.17, 15) is 9.18 Å². The van der Waals surface area contributed by atoms with Gasteiger partial charge >= 0.3 is 0 Å². The Morgan fingerprint density at radius 3 is 2.67 bits per heavy atom. The fourth-order valence-corrected chi connectivity index (χ4v) is 2.55. The van der Waals surface area contributed by atoms with Gasteiger partial charge < -0.3 is 4.90 Å². The molecule has 0 bridgehead atoms. The van der Waals surface area contributed by atoms with Crippen molar-refractivity contribution in [2.75, 3.05) is 7.05 Å². The van der Waals surface area contributed by atoms with Crippen LogP contribution >= 0.6 is 0 Å². The summed E-state index contributed by atoms with van der Waals surface area (Å²) in [5.41, 5.74) is 4.29. The van der Waals surface area contributed by atoms with Crippen LogP contribution < -0.4 is 0 Å². The lowest BCUT2D eigenvalue weighted by Gasteiger charge is -2.10. The molecule has 0 spiro atoms. The molecule has 0 saturated heterocycles. The molecule has 1 amide bonds. The largest absolute Gasteiger partial charge is 0.342 e. The summed E-state index contributed by atoms with van der Waals surface area (Å²) in [6.07, 6.45) is 4.40. The van der Waals surface area contributed by atoms with Gasteiger partial charge in [0.05, 0.1) is 12.2 Å². The van der Waals surface area contributed by atoms with Crippen molar-refractivity contribution in [2.24, 2.45) is 7.05 Å². The molecular weight excluding hydrogens is 307 g/mol. The zero-order valence-electron chi connectivity index (χ0n) is 13.5. The number of pyridine rings is 1. The maximum Gasteiger partial charge on any atom is 0.209 e. The smallest absolute Gasteiger partial charge is 0.209 e. The number of amides is 1. The molecule has 24 heavy (non-hydrogen) atoms. The molecule has 2 aromatic heterocycles. The summed E-state index contributed by atoms with van der Waals surface area (Å²) < 4.78 is 14.9. The molecule has 1 aromatic carbocycles. The molecule has 122 valence electrons. The van der Waals surface area contributed by atoms with Crippen LogP contribution in [0.25, 0.3) is 22.4 Å². The van der Waals surface area contributed by atoms with Crippen LogP contribution in [0.3, 0.4) is 0 Å². The molecule has 0 N–H and O–H groups in total. The van der Waals surface area contributed by atoms with Crippen LogP contribution in [-0.2, 0) is 18.4 Å². The lowest BCUT2D eigenvalue weighted by molar-refractivity contribution is -0.117. The highest BCUT2D eigenvalue weighted by Gasteiger charge is 2.13. The normalized spacial score (nSPS) is 10.6. The quantitative estimate of drug-likeness (QED) is 0.678. The van der Waals surface area contributed by atoms with Crippen molar-refractivity contribution in [3.05, 3.63) is 60.3 Å². The van der Waals surface area contributed by atoms with Crippen molar-refractivity contribution in [1.82, 2.24) is 19.7 Å². The second kappa shape index (κ2) is 6.62. The monoisotopic (exact) mass is 324 g/mol. The Kier molecular flexibility index (Phi) is 4.37. The number of halogens is 1. The first-order valence-corrected chi connectivity index (χ1v) is 7.47. The van der Waals surface area contributed by atoms with Crippen molar-refractivity contribution in [3.63, 3.8) is 0 Å². The molecule has 3 rings (SSSR count). The fraction of sp³-hybridized carbons (Fsp3) is 0.167. The average Bonchev–Trinajstić information content (AvgIpc) is 2.97. The van der Waals surface area contributed by atoms with Gasteiger partial charge in [0.1, 0.15) is 11.5 Å². The Hall–Kier alpha value is -3.02. The summed E-state index contributed by atoms with van der Waals surface area (Å²) in [6.45, 7) is 0.434. The van der Waals surface area contributed by atoms with Gasteiger partial charge in [-0.3, -0.25) is 14.5 Å². The van der Waals surface area contributed by atoms with Gasteiger partial charge in [0.15, 0.2) is 0 Å². The Labute approximate surface area is 139 Å². The van der Waals surface area contributed by atoms with E-state index in [1.54, 1.807) is 30.1 Å². The van der Waals surface area contributed by atoms with E-state index in [1.807, 2.05) is 25.4 Å². The number of hydrogen-bond acceptors (Lipinski definition) is 3. The van der Waals surface area contributed by atoms with Gasteiger partial charge in [-0.25, -0.2) is 4.39 Å². The van der Waals surface area contributed by atoms with Crippen LogP contribution in [0.4, 0.5) is 4.39 Å². The molecule has 0 radical (unpaired) electrons. The molecule has 0 aliphatic heterocycles. The zero-order valence-corrected chi connectivity index (χ0v) is 13.5. The first kappa shape index (κ1) is 15.9. The summed E-state index contributed by atoms with van der Waals surface area (Å²) in [6, 6.07) is 10.1. The number of carbonyl (C=O) groups excluding carboxylic acids is 1. The Morgan fingerprint density at radius 2 is 1.96 bits per heavy atom. The second-order valence-electron chi connectivity index (χ2n) is 5.63. The first-order valence-electron chi connectivity index (χ1n) is 7.47. The Balaban J connectivity index is 2.02. The summed E-state index contributed by atoms with van der Waals surface area (Å²) in [5, 5.41) is 4.50. The lowest BCUT2D eigenvalue weighted by Crippen LogP contribution is -2.15. The molecule has 0 aliphatic rings. The highest BCUT2D eigenvalue weighted by atomic mass is 19.1. The molecule has 0 aliphatic carbocycles. The average molecular weight is 324 g/mol. The van der Waals surface area contributed by atoms with Gasteiger partial charge in [-0.2, -0.15) is 5.10 Å². The van der Waals surface area contributed by atoms with Gasteiger partial charge in [-0.15, -0.1) is 0 Å². The van der Waals surface area contributed by atoms with E-state index in [4.69, 9.17) is 0 Å². The summed E-state index contributed by atoms with van der Waals surface area (Å²) in [5.74, 6) is -0.278. The maximum absolute atomic E-state index is 13.2. The third-order valence-electron chi connectivity index (χ3n) is 3.67. The molecule has 6 heteroatoms. The summed E-state index contributed by atoms with van der Waals surface area (Å²) in [7, 11) is 3.55. The predicted octanol–water partition coefficient (Wildman–Crippen LogP) is 2.88. The molecule has 0 unspecified atom stereocenters. The highest BCUT2D eigenvalue weighted by Crippen LogP contribution is 2.31. The number of aromatic nitrogens is 3. The number of aryl methyl sites for hydroxylation is 1. The number of nitrogens with zero attached hydrogens (tertiary/aromatic N) is 4. The Morgan fingerprint density at radius 1 is 1.21 bits per heavy atom. The minimum absolute atomic E-state index is 0.278. The van der Waals surface area contributed by atoms with Crippen LogP contribution in [0.5, 0.6) is 0 Å². The van der Waals surface area contributed by atoms with Gasteiger partial charge in [0.2, 0.25) is 6.41 Å². The standard InChI is InChI=1S/C18H17FN4O/c1-22(12-24)10-16-9-14(7-8-20-16)17-11-23(2)21-18(17)13-3-5-15(19)6-4-13/h3-9,11-12H,10H2,1-2H3. The summed E-state index contributed by atoms with van der Waals surface area (Å²) in [4.78, 5) is 16.6. The SMILES string of the molecule is CN(C=O)Cc1cc(-c2cn(C)nc2-c2ccc(F)cc2)ccn1. The third kappa shape index (κ3) is 3.32. The van der Waals surface area contributed by atoms with E-state index < -0.39 is 0 Å². The van der Waals surface area contributed by atoms with Crippen molar-refractivity contribution in [2.45, 2.75) is 6.54 Å². The molecule has 5 nitrogen and oxygen atoms in total. The van der Waals surface area contributed by atoms with Gasteiger partial charge in [0, 0.05) is 37.6 Å². The number of rotatable bonds is 5. The zero-order chi connectivity index (χ0) is 17.1. The summed E-state index contributed by atoms with van der Waals surface area (Å²) >= 11 is 0. The fourth-order valence-electron chi connectivity index (χ4n) is 2.55. The second-order valence-corrected chi connectivity index (χ2v) is 5.63. The van der Waals surface area contributed by atoms with E-state index in [0.717, 1.165) is 34.5 Å². The molecular formula is C18H17FN4O. The molecule has 0 fully saturated rings. The Bertz CT molecular complexity index is 858. The van der Waals surface area contributed by atoms with Crippen LogP contribution in [0.1, 0.15) is 5.69 Å². The number of benzene rings is 1. The van der Waals surface area contributed by atoms with Crippen molar-refractivity contribution in [1.29, 1.82) is 0 Å². The third-order valence-corrected chi connectivity index (χ3v) is 3.67. The van der Waals surface area contributed by atoms with E-state index in [1.165, 1.54) is 17.0 Å². The maximum atomic E-state index is 13.2. The van der Waals surface area contributed by atoms with Crippen molar-refractivity contribution >= 4 is 6.41 Å². The molecule has 0 atom stereocenters. The van der Waals surface area contributed by atoms with E-state index in [0.29, 0.717) is 6.54 Å². The number of hydrogen-bond donors (Lipinski definition) is 0. The van der Waals surface area contributed by atoms with Crippen LogP contribution in [-0.4, -0.2) is 33.1 Å². The topological polar surface area (TPSA) is 51.0 Å².